The Labute approximate surface area is 110 Å². The highest BCUT2D eigenvalue weighted by atomic mass is 79.9. The molecule has 0 heterocycles. The van der Waals surface area contributed by atoms with Crippen LogP contribution < -0.4 is 5.32 Å². The summed E-state index contributed by atoms with van der Waals surface area (Å²) in [5.74, 6) is -0.379. The highest BCUT2D eigenvalue weighted by Gasteiger charge is 2.17. The van der Waals surface area contributed by atoms with Gasteiger partial charge in [0.1, 0.15) is 5.82 Å². The van der Waals surface area contributed by atoms with E-state index in [9.17, 15) is 9.18 Å². The topological polar surface area (TPSA) is 29.1 Å². The Hall–Kier alpha value is -0.900. The van der Waals surface area contributed by atoms with Crippen LogP contribution in [0.5, 0.6) is 0 Å². The highest BCUT2D eigenvalue weighted by molar-refractivity contribution is 9.10. The first-order chi connectivity index (χ1) is 7.69. The van der Waals surface area contributed by atoms with Crippen LogP contribution in [0.2, 0.25) is 0 Å². The van der Waals surface area contributed by atoms with E-state index < -0.39 is 0 Å². The molecule has 0 spiro atoms. The van der Waals surface area contributed by atoms with Crippen LogP contribution in [0.3, 0.4) is 0 Å². The van der Waals surface area contributed by atoms with Crippen molar-refractivity contribution in [3.8, 4) is 0 Å². The summed E-state index contributed by atoms with van der Waals surface area (Å²) in [6.45, 7) is 7.77. The minimum atomic E-state index is -0.323. The van der Waals surface area contributed by atoms with E-state index in [1.807, 2.05) is 20.8 Å². The van der Waals surface area contributed by atoms with E-state index in [0.717, 1.165) is 0 Å². The first kappa shape index (κ1) is 14.2. The monoisotopic (exact) mass is 301 g/mol. The van der Waals surface area contributed by atoms with Gasteiger partial charge in [-0.2, -0.15) is 0 Å². The maximum atomic E-state index is 13.2. The molecule has 1 amide bonds. The lowest BCUT2D eigenvalue weighted by Crippen LogP contribution is -2.20. The normalized spacial score (nSPS) is 11.4. The molecule has 0 saturated heterocycles. The van der Waals surface area contributed by atoms with Gasteiger partial charge in [-0.05, 0) is 46.0 Å². The Kier molecular flexibility index (Phi) is 4.31. The van der Waals surface area contributed by atoms with Gasteiger partial charge in [-0.15, -0.1) is 0 Å². The summed E-state index contributed by atoms with van der Waals surface area (Å²) in [4.78, 5) is 11.8. The van der Waals surface area contributed by atoms with Gasteiger partial charge in [0, 0.05) is 12.1 Å². The van der Waals surface area contributed by atoms with Crippen molar-refractivity contribution < 1.29 is 9.18 Å². The maximum absolute atomic E-state index is 13.2. The van der Waals surface area contributed by atoms with E-state index >= 15 is 0 Å². The molecule has 0 bridgehead atoms. The molecule has 1 N–H and O–H groups in total. The lowest BCUT2D eigenvalue weighted by molar-refractivity contribution is -0.117. The molecule has 1 aromatic rings. The number of hydrogen-bond donors (Lipinski definition) is 1. The van der Waals surface area contributed by atoms with Gasteiger partial charge in [-0.25, -0.2) is 4.39 Å². The van der Waals surface area contributed by atoms with Gasteiger partial charge in [-0.1, -0.05) is 20.8 Å². The molecule has 2 nitrogen and oxygen atoms in total. The second-order valence-electron chi connectivity index (χ2n) is 5.37. The van der Waals surface area contributed by atoms with Crippen LogP contribution >= 0.6 is 15.9 Å². The third kappa shape index (κ3) is 4.46. The molecule has 94 valence electrons. The number of hydrogen-bond acceptors (Lipinski definition) is 1. The zero-order valence-electron chi connectivity index (χ0n) is 10.5. The number of carbonyl (C=O) groups excluding carboxylic acids is 1. The molecular formula is C13H17BrFNO. The number of halogens is 2. The number of anilines is 1. The molecule has 0 fully saturated rings. The minimum Gasteiger partial charge on any atom is -0.326 e. The molecule has 1 aromatic carbocycles. The van der Waals surface area contributed by atoms with Crippen molar-refractivity contribution in [3.05, 3.63) is 28.0 Å². The molecule has 0 aliphatic carbocycles. The maximum Gasteiger partial charge on any atom is 0.224 e. The molecule has 0 radical (unpaired) electrons. The quantitative estimate of drug-likeness (QED) is 0.868. The molecule has 0 aromatic heterocycles. The van der Waals surface area contributed by atoms with Crippen molar-refractivity contribution in [1.29, 1.82) is 0 Å². The summed E-state index contributed by atoms with van der Waals surface area (Å²) < 4.78 is 13.6. The van der Waals surface area contributed by atoms with E-state index in [1.165, 1.54) is 6.07 Å². The fourth-order valence-electron chi connectivity index (χ4n) is 1.46. The Balaban J connectivity index is 2.82. The van der Waals surface area contributed by atoms with Crippen molar-refractivity contribution >= 4 is 27.5 Å². The predicted molar refractivity (Wildman–Crippen MR) is 71.5 cm³/mol. The van der Waals surface area contributed by atoms with Gasteiger partial charge < -0.3 is 5.32 Å². The first-order valence-electron chi connectivity index (χ1n) is 5.44. The second kappa shape index (κ2) is 5.17. The molecule has 0 aliphatic heterocycles. The van der Waals surface area contributed by atoms with E-state index in [4.69, 9.17) is 0 Å². The molecule has 0 aliphatic rings. The Bertz CT molecular complexity index is 438. The number of rotatable bonds is 2. The third-order valence-electron chi connectivity index (χ3n) is 2.23. The van der Waals surface area contributed by atoms with Crippen LogP contribution in [0.4, 0.5) is 10.1 Å². The zero-order chi connectivity index (χ0) is 13.2. The minimum absolute atomic E-state index is 0.0564. The van der Waals surface area contributed by atoms with Crippen molar-refractivity contribution in [1.82, 2.24) is 0 Å². The summed E-state index contributed by atoms with van der Waals surface area (Å²) in [5.41, 5.74) is 1.30. The summed E-state index contributed by atoms with van der Waals surface area (Å²) in [7, 11) is 0. The molecule has 1 rings (SSSR count). The SMILES string of the molecule is Cc1cc(F)c(Br)cc1NC(=O)CC(C)(C)C. The van der Waals surface area contributed by atoms with Crippen LogP contribution in [-0.2, 0) is 4.79 Å². The van der Waals surface area contributed by atoms with Crippen molar-refractivity contribution in [3.63, 3.8) is 0 Å². The van der Waals surface area contributed by atoms with Crippen molar-refractivity contribution in [2.24, 2.45) is 5.41 Å². The van der Waals surface area contributed by atoms with Crippen LogP contribution in [0.15, 0.2) is 16.6 Å². The standard InChI is InChI=1S/C13H17BrFNO/c1-8-5-10(15)9(14)6-11(8)16-12(17)7-13(2,3)4/h5-6H,7H2,1-4H3,(H,16,17). The summed E-state index contributed by atoms with van der Waals surface area (Å²) in [5, 5.41) is 2.80. The average molecular weight is 302 g/mol. The van der Waals surface area contributed by atoms with Crippen molar-refractivity contribution in [2.45, 2.75) is 34.1 Å². The first-order valence-corrected chi connectivity index (χ1v) is 6.24. The van der Waals surface area contributed by atoms with Gasteiger partial charge in [0.05, 0.1) is 4.47 Å². The summed E-state index contributed by atoms with van der Waals surface area (Å²) in [6.07, 6.45) is 0.432. The van der Waals surface area contributed by atoms with Crippen LogP contribution in [0, 0.1) is 18.2 Å². The largest absolute Gasteiger partial charge is 0.326 e. The molecule has 0 atom stereocenters. The fourth-order valence-corrected chi connectivity index (χ4v) is 1.80. The summed E-state index contributed by atoms with van der Waals surface area (Å²) >= 11 is 3.11. The van der Waals surface area contributed by atoms with E-state index in [-0.39, 0.29) is 17.1 Å². The second-order valence-corrected chi connectivity index (χ2v) is 6.22. The highest BCUT2D eigenvalue weighted by Crippen LogP contribution is 2.25. The van der Waals surface area contributed by atoms with Crippen LogP contribution in [-0.4, -0.2) is 5.91 Å². The Morgan fingerprint density at radius 3 is 2.53 bits per heavy atom. The predicted octanol–water partition coefficient (Wildman–Crippen LogP) is 4.27. The average Bonchev–Trinajstić information content (AvgIpc) is 2.11. The van der Waals surface area contributed by atoms with Gasteiger partial charge >= 0.3 is 0 Å². The fraction of sp³-hybridized carbons (Fsp3) is 0.462. The Morgan fingerprint density at radius 2 is 2.00 bits per heavy atom. The number of nitrogens with one attached hydrogen (secondary N) is 1. The molecule has 0 saturated carbocycles. The van der Waals surface area contributed by atoms with Crippen LogP contribution in [0.25, 0.3) is 0 Å². The van der Waals surface area contributed by atoms with E-state index in [0.29, 0.717) is 22.1 Å². The van der Waals surface area contributed by atoms with Gasteiger partial charge in [0.15, 0.2) is 0 Å². The number of aryl methyl sites for hydroxylation is 1. The van der Waals surface area contributed by atoms with Gasteiger partial charge in [-0.3, -0.25) is 4.79 Å². The molecule has 4 heteroatoms. The third-order valence-corrected chi connectivity index (χ3v) is 2.84. The lowest BCUT2D eigenvalue weighted by Gasteiger charge is -2.18. The molecular weight excluding hydrogens is 285 g/mol. The molecule has 0 unspecified atom stereocenters. The smallest absolute Gasteiger partial charge is 0.224 e. The van der Waals surface area contributed by atoms with Gasteiger partial charge in [0.2, 0.25) is 5.91 Å². The zero-order valence-corrected chi connectivity index (χ0v) is 12.1. The molecule has 17 heavy (non-hydrogen) atoms. The summed E-state index contributed by atoms with van der Waals surface area (Å²) in [6, 6.07) is 2.99. The number of amides is 1. The lowest BCUT2D eigenvalue weighted by atomic mass is 9.92. The van der Waals surface area contributed by atoms with E-state index in [2.05, 4.69) is 21.2 Å². The van der Waals surface area contributed by atoms with Gasteiger partial charge in [0.25, 0.3) is 0 Å². The Morgan fingerprint density at radius 1 is 1.41 bits per heavy atom. The van der Waals surface area contributed by atoms with Crippen LogP contribution in [0.1, 0.15) is 32.8 Å². The number of benzene rings is 1. The van der Waals surface area contributed by atoms with E-state index in [1.54, 1.807) is 13.0 Å². The number of carbonyl (C=O) groups is 1. The van der Waals surface area contributed by atoms with Crippen molar-refractivity contribution in [2.75, 3.05) is 5.32 Å².